The number of nitrogens with one attached hydrogen (secondary N) is 1. The Hall–Kier alpha value is -3.25. The Balaban J connectivity index is 1.79. The van der Waals surface area contributed by atoms with Gasteiger partial charge in [-0.3, -0.25) is 4.79 Å². The maximum atomic E-state index is 12.5. The van der Waals surface area contributed by atoms with Gasteiger partial charge < -0.3 is 20.3 Å². The second-order valence-corrected chi connectivity index (χ2v) is 6.77. The van der Waals surface area contributed by atoms with E-state index in [9.17, 15) is 19.8 Å². The van der Waals surface area contributed by atoms with E-state index in [0.29, 0.717) is 21.5 Å². The van der Waals surface area contributed by atoms with E-state index in [1.54, 1.807) is 49.4 Å². The number of benzene rings is 3. The number of phenols is 2. The number of carbonyl (C=O) groups is 2. The fraction of sp³-hybridized carbons (Fsp3) is 0.143. The first kappa shape index (κ1) is 19.5. The predicted molar refractivity (Wildman–Crippen MR) is 107 cm³/mol. The number of ether oxygens (including phenoxy) is 1. The van der Waals surface area contributed by atoms with Crippen LogP contribution in [-0.4, -0.2) is 28.2 Å². The fourth-order valence-corrected chi connectivity index (χ4v) is 2.91. The second kappa shape index (κ2) is 7.78. The predicted octanol–water partition coefficient (Wildman–Crippen LogP) is 4.40. The normalized spacial score (nSPS) is 11.8. The van der Waals surface area contributed by atoms with Gasteiger partial charge in [-0.2, -0.15) is 0 Å². The molecule has 0 bridgehead atoms. The number of phenolic OH excluding ortho intramolecular Hbond substituents is 2. The van der Waals surface area contributed by atoms with Crippen LogP contribution in [0.3, 0.4) is 0 Å². The van der Waals surface area contributed by atoms with E-state index >= 15 is 0 Å². The Bertz CT molecular complexity index is 1080. The molecule has 28 heavy (non-hydrogen) atoms. The third-order valence-corrected chi connectivity index (χ3v) is 4.56. The fourth-order valence-electron chi connectivity index (χ4n) is 2.74. The summed E-state index contributed by atoms with van der Waals surface area (Å²) in [4.78, 5) is 24.8. The average Bonchev–Trinajstić information content (AvgIpc) is 2.67. The van der Waals surface area contributed by atoms with Crippen molar-refractivity contribution < 1.29 is 24.5 Å². The first-order valence-electron chi connectivity index (χ1n) is 8.49. The molecule has 0 saturated heterocycles. The van der Waals surface area contributed by atoms with Crippen molar-refractivity contribution >= 4 is 39.9 Å². The number of esters is 1. The summed E-state index contributed by atoms with van der Waals surface area (Å²) in [7, 11) is 0. The monoisotopic (exact) mass is 399 g/mol. The van der Waals surface area contributed by atoms with Gasteiger partial charge in [0.25, 0.3) is 5.91 Å². The van der Waals surface area contributed by atoms with E-state index in [1.165, 1.54) is 6.92 Å². The summed E-state index contributed by atoms with van der Waals surface area (Å²) in [5, 5.41) is 24.3. The number of anilines is 1. The summed E-state index contributed by atoms with van der Waals surface area (Å²) in [5.41, 5.74) is 1.08. The lowest BCUT2D eigenvalue weighted by Crippen LogP contribution is -2.30. The number of fused-ring (bicyclic) bond motifs is 1. The van der Waals surface area contributed by atoms with Crippen molar-refractivity contribution in [1.82, 2.24) is 0 Å². The molecular weight excluding hydrogens is 382 g/mol. The van der Waals surface area contributed by atoms with Gasteiger partial charge in [0, 0.05) is 21.5 Å². The van der Waals surface area contributed by atoms with E-state index in [4.69, 9.17) is 16.3 Å². The summed E-state index contributed by atoms with van der Waals surface area (Å²) in [6.45, 7) is 3.21. The molecule has 0 aliphatic carbocycles. The van der Waals surface area contributed by atoms with Gasteiger partial charge in [-0.1, -0.05) is 41.9 Å². The van der Waals surface area contributed by atoms with Crippen molar-refractivity contribution in [2.75, 3.05) is 5.32 Å². The van der Waals surface area contributed by atoms with Gasteiger partial charge in [0.1, 0.15) is 17.1 Å². The smallest absolute Gasteiger partial charge is 0.342 e. The standard InChI is InChI=1S/C21H18ClNO5/c1-11-7-8-13(22)9-17(11)23-20(26)12(2)28-21(27)16-10-18(24)14-5-3-4-6-15(14)19(16)25/h3-10,12,24-25H,1-2H3,(H,23,26)/t12-/m0/s1. The molecule has 0 radical (unpaired) electrons. The lowest BCUT2D eigenvalue weighted by Gasteiger charge is -2.16. The average molecular weight is 400 g/mol. The van der Waals surface area contributed by atoms with Gasteiger partial charge in [-0.15, -0.1) is 0 Å². The van der Waals surface area contributed by atoms with Crippen LogP contribution in [0.1, 0.15) is 22.8 Å². The SMILES string of the molecule is Cc1ccc(Cl)cc1NC(=O)[C@H](C)OC(=O)c1cc(O)c2ccccc2c1O. The van der Waals surface area contributed by atoms with Crippen molar-refractivity contribution in [3.63, 3.8) is 0 Å². The van der Waals surface area contributed by atoms with Gasteiger partial charge in [-0.25, -0.2) is 4.79 Å². The third-order valence-electron chi connectivity index (χ3n) is 4.32. The van der Waals surface area contributed by atoms with Crippen LogP contribution >= 0.6 is 11.6 Å². The number of amides is 1. The summed E-state index contributed by atoms with van der Waals surface area (Å²) in [5.74, 6) is -1.98. The van der Waals surface area contributed by atoms with Crippen LogP contribution in [0.5, 0.6) is 11.5 Å². The zero-order valence-corrected chi connectivity index (χ0v) is 15.9. The molecule has 0 saturated carbocycles. The summed E-state index contributed by atoms with van der Waals surface area (Å²) in [6.07, 6.45) is -1.14. The number of hydrogen-bond acceptors (Lipinski definition) is 5. The summed E-state index contributed by atoms with van der Waals surface area (Å²) < 4.78 is 5.17. The molecule has 0 fully saturated rings. The Morgan fingerprint density at radius 3 is 2.46 bits per heavy atom. The van der Waals surface area contributed by atoms with Crippen molar-refractivity contribution in [2.24, 2.45) is 0 Å². The molecule has 0 aliphatic heterocycles. The lowest BCUT2D eigenvalue weighted by atomic mass is 10.0. The molecule has 3 aromatic carbocycles. The molecule has 0 aromatic heterocycles. The van der Waals surface area contributed by atoms with Gasteiger partial charge >= 0.3 is 5.97 Å². The molecule has 1 atom stereocenters. The zero-order chi connectivity index (χ0) is 20.4. The highest BCUT2D eigenvalue weighted by molar-refractivity contribution is 6.31. The number of rotatable bonds is 4. The maximum Gasteiger partial charge on any atom is 0.342 e. The number of hydrogen-bond donors (Lipinski definition) is 3. The molecule has 0 unspecified atom stereocenters. The Labute approximate surface area is 166 Å². The van der Waals surface area contributed by atoms with Gasteiger partial charge in [-0.05, 0) is 37.6 Å². The second-order valence-electron chi connectivity index (χ2n) is 6.33. The number of carbonyl (C=O) groups excluding carboxylic acids is 2. The highest BCUT2D eigenvalue weighted by Crippen LogP contribution is 2.35. The number of aryl methyl sites for hydroxylation is 1. The van der Waals surface area contributed by atoms with E-state index in [2.05, 4.69) is 5.32 Å². The molecule has 3 rings (SSSR count). The van der Waals surface area contributed by atoms with Crippen LogP contribution in [0, 0.1) is 6.92 Å². The first-order chi connectivity index (χ1) is 13.3. The van der Waals surface area contributed by atoms with Crippen LogP contribution in [0.15, 0.2) is 48.5 Å². The topological polar surface area (TPSA) is 95.9 Å². The third kappa shape index (κ3) is 3.87. The summed E-state index contributed by atoms with van der Waals surface area (Å²) >= 11 is 5.94. The molecule has 0 spiro atoms. The van der Waals surface area contributed by atoms with E-state index in [1.807, 2.05) is 0 Å². The molecular formula is C21H18ClNO5. The van der Waals surface area contributed by atoms with Crippen LogP contribution in [0.2, 0.25) is 5.02 Å². The maximum absolute atomic E-state index is 12.5. The van der Waals surface area contributed by atoms with Crippen LogP contribution in [0.4, 0.5) is 5.69 Å². The van der Waals surface area contributed by atoms with Crippen LogP contribution < -0.4 is 5.32 Å². The molecule has 0 aliphatic rings. The number of aromatic hydroxyl groups is 2. The largest absolute Gasteiger partial charge is 0.507 e. The Morgan fingerprint density at radius 1 is 1.07 bits per heavy atom. The molecule has 144 valence electrons. The molecule has 3 N–H and O–H groups in total. The summed E-state index contributed by atoms with van der Waals surface area (Å²) in [6, 6.07) is 12.7. The van der Waals surface area contributed by atoms with Crippen molar-refractivity contribution in [2.45, 2.75) is 20.0 Å². The van der Waals surface area contributed by atoms with Gasteiger partial charge in [0.05, 0.1) is 0 Å². The molecule has 7 heteroatoms. The molecule has 6 nitrogen and oxygen atoms in total. The first-order valence-corrected chi connectivity index (χ1v) is 8.87. The van der Waals surface area contributed by atoms with E-state index in [-0.39, 0.29) is 17.1 Å². The van der Waals surface area contributed by atoms with Gasteiger partial charge in [0.15, 0.2) is 6.10 Å². The van der Waals surface area contributed by atoms with E-state index in [0.717, 1.165) is 11.6 Å². The Kier molecular flexibility index (Phi) is 5.42. The molecule has 3 aromatic rings. The lowest BCUT2D eigenvalue weighted by molar-refractivity contribution is -0.123. The van der Waals surface area contributed by atoms with Crippen molar-refractivity contribution in [3.8, 4) is 11.5 Å². The van der Waals surface area contributed by atoms with Gasteiger partial charge in [0.2, 0.25) is 0 Å². The highest BCUT2D eigenvalue weighted by atomic mass is 35.5. The van der Waals surface area contributed by atoms with Crippen LogP contribution in [-0.2, 0) is 9.53 Å². The van der Waals surface area contributed by atoms with Crippen molar-refractivity contribution in [3.05, 3.63) is 64.7 Å². The minimum atomic E-state index is -1.14. The minimum absolute atomic E-state index is 0.174. The zero-order valence-electron chi connectivity index (χ0n) is 15.2. The Morgan fingerprint density at radius 2 is 1.75 bits per heavy atom. The van der Waals surface area contributed by atoms with Crippen LogP contribution in [0.25, 0.3) is 10.8 Å². The highest BCUT2D eigenvalue weighted by Gasteiger charge is 2.23. The minimum Gasteiger partial charge on any atom is -0.507 e. The molecule has 1 amide bonds. The van der Waals surface area contributed by atoms with Crippen molar-refractivity contribution in [1.29, 1.82) is 0 Å². The number of halogens is 1. The molecule has 0 heterocycles. The van der Waals surface area contributed by atoms with E-state index < -0.39 is 18.0 Å². The quantitative estimate of drug-likeness (QED) is 0.446.